The molecule has 0 aliphatic heterocycles. The Hall–Kier alpha value is -1.36. The molecule has 1 rings (SSSR count). The zero-order chi connectivity index (χ0) is 12.0. The molecule has 3 N–H and O–H groups in total. The Morgan fingerprint density at radius 1 is 1.69 bits per heavy atom. The van der Waals surface area contributed by atoms with Crippen molar-refractivity contribution in [1.82, 2.24) is 10.5 Å². The van der Waals surface area contributed by atoms with Crippen LogP contribution >= 0.6 is 0 Å². The Morgan fingerprint density at radius 2 is 2.44 bits per heavy atom. The minimum atomic E-state index is -0.427. The number of aromatic nitrogens is 1. The van der Waals surface area contributed by atoms with Crippen molar-refractivity contribution in [1.29, 1.82) is 0 Å². The van der Waals surface area contributed by atoms with Gasteiger partial charge in [-0.05, 0) is 13.3 Å². The lowest BCUT2D eigenvalue weighted by Gasteiger charge is -2.10. The van der Waals surface area contributed by atoms with Crippen molar-refractivity contribution >= 4 is 5.91 Å². The molecule has 0 spiro atoms. The van der Waals surface area contributed by atoms with Crippen molar-refractivity contribution in [3.05, 3.63) is 17.5 Å². The number of amides is 1. The predicted octanol–water partition coefficient (Wildman–Crippen LogP) is 1.12. The highest BCUT2D eigenvalue weighted by Gasteiger charge is 2.12. The first-order chi connectivity index (χ1) is 7.63. The molecule has 0 radical (unpaired) electrons. The number of nitrogens with one attached hydrogen (secondary N) is 1. The first-order valence-corrected chi connectivity index (χ1v) is 5.59. The van der Waals surface area contributed by atoms with E-state index in [9.17, 15) is 4.79 Å². The van der Waals surface area contributed by atoms with Crippen molar-refractivity contribution in [2.45, 2.75) is 45.7 Å². The predicted molar refractivity (Wildman–Crippen MR) is 60.6 cm³/mol. The second-order valence-corrected chi connectivity index (χ2v) is 3.90. The summed E-state index contributed by atoms with van der Waals surface area (Å²) in [6, 6.07) is 1.36. The van der Waals surface area contributed by atoms with Crippen molar-refractivity contribution in [3.63, 3.8) is 0 Å². The van der Waals surface area contributed by atoms with Crippen LogP contribution in [0.3, 0.4) is 0 Å². The van der Waals surface area contributed by atoms with Gasteiger partial charge in [0.25, 0.3) is 0 Å². The first kappa shape index (κ1) is 12.7. The second-order valence-electron chi connectivity index (χ2n) is 3.90. The molecule has 0 saturated heterocycles. The molecular weight excluding hydrogens is 206 g/mol. The van der Waals surface area contributed by atoms with Crippen LogP contribution in [0.2, 0.25) is 0 Å². The van der Waals surface area contributed by atoms with Crippen LogP contribution in [-0.2, 0) is 11.3 Å². The summed E-state index contributed by atoms with van der Waals surface area (Å²) >= 11 is 0. The first-order valence-electron chi connectivity index (χ1n) is 5.59. The largest absolute Gasteiger partial charge is 0.359 e. The van der Waals surface area contributed by atoms with Gasteiger partial charge in [0.1, 0.15) is 0 Å². The molecule has 5 heteroatoms. The van der Waals surface area contributed by atoms with Crippen LogP contribution in [0.5, 0.6) is 0 Å². The molecule has 0 aliphatic rings. The molecule has 1 atom stereocenters. The number of carbonyl (C=O) groups is 1. The lowest BCUT2D eigenvalue weighted by Crippen LogP contribution is -2.40. The summed E-state index contributed by atoms with van der Waals surface area (Å²) < 4.78 is 4.97. The van der Waals surface area contributed by atoms with E-state index >= 15 is 0 Å². The molecule has 0 saturated carbocycles. The topological polar surface area (TPSA) is 81.2 Å². The SMILES string of the molecule is CCCC[C@H](N)C(=O)NCc1cc(C)no1. The normalized spacial score (nSPS) is 12.4. The van der Waals surface area contributed by atoms with E-state index in [1.54, 1.807) is 6.07 Å². The van der Waals surface area contributed by atoms with Crippen molar-refractivity contribution < 1.29 is 9.32 Å². The molecule has 0 aliphatic carbocycles. The van der Waals surface area contributed by atoms with Crippen molar-refractivity contribution in [3.8, 4) is 0 Å². The Morgan fingerprint density at radius 3 is 3.00 bits per heavy atom. The number of nitrogens with two attached hydrogens (primary N) is 1. The standard InChI is InChI=1S/C11H19N3O2/c1-3-4-5-10(12)11(15)13-7-9-6-8(2)14-16-9/h6,10H,3-5,7,12H2,1-2H3,(H,13,15)/t10-/m0/s1. The number of rotatable bonds is 6. The van der Waals surface area contributed by atoms with Gasteiger partial charge in [0.2, 0.25) is 5.91 Å². The summed E-state index contributed by atoms with van der Waals surface area (Å²) in [6.07, 6.45) is 2.73. The van der Waals surface area contributed by atoms with E-state index in [2.05, 4.69) is 17.4 Å². The van der Waals surface area contributed by atoms with Gasteiger partial charge in [-0.25, -0.2) is 0 Å². The highest BCUT2D eigenvalue weighted by Crippen LogP contribution is 2.02. The molecular formula is C11H19N3O2. The van der Waals surface area contributed by atoms with E-state index in [1.807, 2.05) is 6.92 Å². The number of aryl methyl sites for hydroxylation is 1. The monoisotopic (exact) mass is 225 g/mol. The molecule has 1 amide bonds. The Bertz CT molecular complexity index is 336. The van der Waals surface area contributed by atoms with Crippen LogP contribution in [0.1, 0.15) is 37.6 Å². The van der Waals surface area contributed by atoms with E-state index < -0.39 is 6.04 Å². The van der Waals surface area contributed by atoms with Gasteiger partial charge >= 0.3 is 0 Å². The number of unbranched alkanes of at least 4 members (excludes halogenated alkanes) is 1. The van der Waals surface area contributed by atoms with Crippen LogP contribution in [0, 0.1) is 6.92 Å². The lowest BCUT2D eigenvalue weighted by molar-refractivity contribution is -0.122. The molecule has 0 aromatic carbocycles. The van der Waals surface area contributed by atoms with E-state index in [4.69, 9.17) is 10.3 Å². The van der Waals surface area contributed by atoms with Gasteiger partial charge in [-0.3, -0.25) is 4.79 Å². The fraction of sp³-hybridized carbons (Fsp3) is 0.636. The summed E-state index contributed by atoms with van der Waals surface area (Å²) in [6.45, 7) is 4.25. The van der Waals surface area contributed by atoms with E-state index in [-0.39, 0.29) is 5.91 Å². The fourth-order valence-electron chi connectivity index (χ4n) is 1.36. The Balaban J connectivity index is 2.29. The van der Waals surface area contributed by atoms with Crippen LogP contribution in [0.4, 0.5) is 0 Å². The maximum atomic E-state index is 11.5. The average molecular weight is 225 g/mol. The minimum Gasteiger partial charge on any atom is -0.359 e. The van der Waals surface area contributed by atoms with Crippen LogP contribution in [0.25, 0.3) is 0 Å². The third-order valence-electron chi connectivity index (χ3n) is 2.32. The summed E-state index contributed by atoms with van der Waals surface area (Å²) in [5, 5.41) is 6.45. The van der Waals surface area contributed by atoms with Gasteiger partial charge < -0.3 is 15.6 Å². The zero-order valence-corrected chi connectivity index (χ0v) is 9.82. The Kier molecular flexibility index (Phi) is 4.98. The molecule has 0 unspecified atom stereocenters. The summed E-state index contributed by atoms with van der Waals surface area (Å²) in [4.78, 5) is 11.5. The molecule has 90 valence electrons. The highest BCUT2D eigenvalue weighted by molar-refractivity contribution is 5.81. The van der Waals surface area contributed by atoms with Gasteiger partial charge in [0, 0.05) is 6.07 Å². The van der Waals surface area contributed by atoms with Crippen molar-refractivity contribution in [2.75, 3.05) is 0 Å². The summed E-state index contributed by atoms with van der Waals surface area (Å²) in [5.74, 6) is 0.510. The van der Waals surface area contributed by atoms with Gasteiger partial charge in [-0.15, -0.1) is 0 Å². The number of hydrogen-bond donors (Lipinski definition) is 2. The van der Waals surface area contributed by atoms with Gasteiger partial charge in [-0.2, -0.15) is 0 Å². The third kappa shape index (κ3) is 4.02. The molecule has 0 bridgehead atoms. The molecule has 16 heavy (non-hydrogen) atoms. The summed E-state index contributed by atoms with van der Waals surface area (Å²) in [5.41, 5.74) is 6.52. The highest BCUT2D eigenvalue weighted by atomic mass is 16.5. The quantitative estimate of drug-likeness (QED) is 0.760. The smallest absolute Gasteiger partial charge is 0.237 e. The third-order valence-corrected chi connectivity index (χ3v) is 2.32. The van der Waals surface area contributed by atoms with Gasteiger partial charge in [0.05, 0.1) is 18.3 Å². The molecule has 1 heterocycles. The maximum Gasteiger partial charge on any atom is 0.237 e. The molecule has 5 nitrogen and oxygen atoms in total. The van der Waals surface area contributed by atoms with Gasteiger partial charge in [0.15, 0.2) is 5.76 Å². The fourth-order valence-corrected chi connectivity index (χ4v) is 1.36. The molecule has 1 aromatic rings. The minimum absolute atomic E-state index is 0.137. The second kappa shape index (κ2) is 6.27. The van der Waals surface area contributed by atoms with E-state index in [1.165, 1.54) is 0 Å². The van der Waals surface area contributed by atoms with E-state index in [0.29, 0.717) is 12.3 Å². The van der Waals surface area contributed by atoms with Crippen molar-refractivity contribution in [2.24, 2.45) is 5.73 Å². The van der Waals surface area contributed by atoms with Crippen LogP contribution < -0.4 is 11.1 Å². The van der Waals surface area contributed by atoms with Crippen LogP contribution in [-0.4, -0.2) is 17.1 Å². The Labute approximate surface area is 95.4 Å². The lowest BCUT2D eigenvalue weighted by atomic mass is 10.1. The average Bonchev–Trinajstić information content (AvgIpc) is 2.68. The van der Waals surface area contributed by atoms with E-state index in [0.717, 1.165) is 25.0 Å². The zero-order valence-electron chi connectivity index (χ0n) is 9.82. The molecule has 0 fully saturated rings. The maximum absolute atomic E-state index is 11.5. The number of hydrogen-bond acceptors (Lipinski definition) is 4. The summed E-state index contributed by atoms with van der Waals surface area (Å²) in [7, 11) is 0. The number of nitrogens with zero attached hydrogens (tertiary/aromatic N) is 1. The van der Waals surface area contributed by atoms with Crippen LogP contribution in [0.15, 0.2) is 10.6 Å². The molecule has 1 aromatic heterocycles. The number of carbonyl (C=O) groups excluding carboxylic acids is 1. The van der Waals surface area contributed by atoms with Gasteiger partial charge in [-0.1, -0.05) is 24.9 Å².